The Morgan fingerprint density at radius 2 is 1.81 bits per heavy atom. The third kappa shape index (κ3) is 5.02. The second-order valence-electron chi connectivity index (χ2n) is 9.44. The van der Waals surface area contributed by atoms with Crippen LogP contribution >= 0.6 is 11.6 Å². The Labute approximate surface area is 188 Å². The van der Waals surface area contributed by atoms with E-state index in [1.165, 1.54) is 57.5 Å². The molecule has 1 aromatic carbocycles. The predicted octanol–water partition coefficient (Wildman–Crippen LogP) is 4.73. The molecule has 0 radical (unpaired) electrons. The first-order valence-corrected chi connectivity index (χ1v) is 11.8. The number of nitrogens with one attached hydrogen (secondary N) is 1. The number of hydrogen-bond acceptors (Lipinski definition) is 5. The number of aromatic nitrogens is 2. The van der Waals surface area contributed by atoms with E-state index in [0.29, 0.717) is 22.2 Å². The topological polar surface area (TPSA) is 50.3 Å². The van der Waals surface area contributed by atoms with Crippen LogP contribution in [-0.2, 0) is 4.74 Å². The summed E-state index contributed by atoms with van der Waals surface area (Å²) in [4.78, 5) is 2.71. The third-order valence-electron chi connectivity index (χ3n) is 7.22. The van der Waals surface area contributed by atoms with E-state index in [1.807, 2.05) is 12.1 Å². The predicted molar refractivity (Wildman–Crippen MR) is 121 cm³/mol. The number of benzene rings is 1. The summed E-state index contributed by atoms with van der Waals surface area (Å²) in [7, 11) is 0. The molecule has 0 bridgehead atoms. The van der Waals surface area contributed by atoms with Gasteiger partial charge in [0.2, 0.25) is 0 Å². The highest BCUT2D eigenvalue weighted by atomic mass is 35.5. The summed E-state index contributed by atoms with van der Waals surface area (Å²) in [6, 6.07) is 8.02. The zero-order valence-corrected chi connectivity index (χ0v) is 18.5. The van der Waals surface area contributed by atoms with Gasteiger partial charge >= 0.3 is 0 Å². The highest BCUT2D eigenvalue weighted by Gasteiger charge is 2.41. The summed E-state index contributed by atoms with van der Waals surface area (Å²) < 4.78 is 19.0. The number of ether oxygens (including phenoxy) is 1. The van der Waals surface area contributed by atoms with Crippen molar-refractivity contribution in [2.24, 2.45) is 23.7 Å². The molecule has 2 aliphatic heterocycles. The molecule has 3 fully saturated rings. The van der Waals surface area contributed by atoms with Crippen LogP contribution in [0.5, 0.6) is 0 Å². The Hall–Kier alpha value is -1.76. The second-order valence-corrected chi connectivity index (χ2v) is 9.85. The van der Waals surface area contributed by atoms with Crippen molar-refractivity contribution in [3.05, 3.63) is 41.2 Å². The van der Waals surface area contributed by atoms with Crippen molar-refractivity contribution >= 4 is 17.4 Å². The van der Waals surface area contributed by atoms with E-state index in [2.05, 4.69) is 20.4 Å². The number of rotatable bonds is 6. The van der Waals surface area contributed by atoms with Crippen LogP contribution in [0.4, 0.5) is 10.2 Å². The number of hydrogen-bond donors (Lipinski definition) is 1. The average Bonchev–Trinajstić information content (AvgIpc) is 3.33. The lowest BCUT2D eigenvalue weighted by molar-refractivity contribution is 0.0544. The fourth-order valence-electron chi connectivity index (χ4n) is 5.65. The van der Waals surface area contributed by atoms with E-state index in [0.717, 1.165) is 43.3 Å². The molecule has 3 heterocycles. The van der Waals surface area contributed by atoms with Crippen molar-refractivity contribution in [3.63, 3.8) is 0 Å². The summed E-state index contributed by atoms with van der Waals surface area (Å²) in [5.74, 6) is 3.63. The molecule has 7 heteroatoms. The lowest BCUT2D eigenvalue weighted by atomic mass is 9.99. The quantitative estimate of drug-likeness (QED) is 0.697. The highest BCUT2D eigenvalue weighted by Crippen LogP contribution is 2.42. The zero-order valence-electron chi connectivity index (χ0n) is 17.8. The van der Waals surface area contributed by atoms with Crippen LogP contribution in [0.15, 0.2) is 30.3 Å². The number of fused-ring (bicyclic) bond motifs is 1. The van der Waals surface area contributed by atoms with Gasteiger partial charge in [0.15, 0.2) is 0 Å². The maximum atomic E-state index is 13.5. The first-order valence-electron chi connectivity index (χ1n) is 11.5. The fourth-order valence-corrected chi connectivity index (χ4v) is 5.86. The van der Waals surface area contributed by atoms with Gasteiger partial charge in [-0.25, -0.2) is 4.39 Å². The minimum atomic E-state index is -0.332. The third-order valence-corrected chi connectivity index (χ3v) is 7.55. The van der Waals surface area contributed by atoms with E-state index in [1.54, 1.807) is 6.07 Å². The number of nitrogens with zero attached hydrogens (tertiary/aromatic N) is 3. The minimum absolute atomic E-state index is 0.332. The van der Waals surface area contributed by atoms with Crippen LogP contribution in [0.3, 0.4) is 0 Å². The van der Waals surface area contributed by atoms with E-state index in [9.17, 15) is 4.39 Å². The van der Waals surface area contributed by atoms with Gasteiger partial charge in [-0.15, -0.1) is 10.2 Å². The highest BCUT2D eigenvalue weighted by molar-refractivity contribution is 6.33. The molecular weight excluding hydrogens is 415 g/mol. The van der Waals surface area contributed by atoms with E-state index < -0.39 is 0 Å². The van der Waals surface area contributed by atoms with Crippen molar-refractivity contribution in [3.8, 4) is 11.3 Å². The van der Waals surface area contributed by atoms with Crippen LogP contribution < -0.4 is 5.32 Å². The Balaban J connectivity index is 1.09. The largest absolute Gasteiger partial charge is 0.381 e. The number of likely N-dealkylation sites (tertiary alicyclic amines) is 1. The summed E-state index contributed by atoms with van der Waals surface area (Å²) >= 11 is 6.17. The van der Waals surface area contributed by atoms with E-state index in [-0.39, 0.29) is 5.82 Å². The summed E-state index contributed by atoms with van der Waals surface area (Å²) in [5, 5.41) is 12.4. The average molecular weight is 445 g/mol. The molecule has 1 unspecified atom stereocenters. The van der Waals surface area contributed by atoms with Crippen molar-refractivity contribution in [2.45, 2.75) is 25.7 Å². The van der Waals surface area contributed by atoms with Crippen molar-refractivity contribution < 1.29 is 9.13 Å². The SMILES string of the molecule is Fc1ccc(Cl)c(-c2ccc(NCC3C[C@@H]4CN(CC5CCOCC5)C[C@@H]4C3)nn2)c1. The molecule has 1 aromatic heterocycles. The molecule has 5 rings (SSSR count). The molecule has 2 aromatic rings. The first kappa shape index (κ1) is 21.1. The zero-order chi connectivity index (χ0) is 21.2. The van der Waals surface area contributed by atoms with Crippen LogP contribution in [0.1, 0.15) is 25.7 Å². The maximum Gasteiger partial charge on any atom is 0.148 e. The fraction of sp³-hybridized carbons (Fsp3) is 0.583. The molecule has 31 heavy (non-hydrogen) atoms. The van der Waals surface area contributed by atoms with E-state index >= 15 is 0 Å². The second kappa shape index (κ2) is 9.39. The molecule has 166 valence electrons. The van der Waals surface area contributed by atoms with Crippen LogP contribution in [0.25, 0.3) is 11.3 Å². The Kier molecular flexibility index (Phi) is 6.39. The lowest BCUT2D eigenvalue weighted by Crippen LogP contribution is -2.32. The standard InChI is InChI=1S/C24H30ClFN4O/c25-22-2-1-20(26)11-21(22)23-3-4-24(29-28-23)27-12-17-9-18-14-30(15-19(18)10-17)13-16-5-7-31-8-6-16/h1-4,11,16-19H,5-10,12-15H2,(H,27,29)/t17?,18-,19+. The summed E-state index contributed by atoms with van der Waals surface area (Å²) in [6.07, 6.45) is 5.05. The Morgan fingerprint density at radius 3 is 2.52 bits per heavy atom. The number of halogens is 2. The normalized spacial score (nSPS) is 26.8. The molecular formula is C24H30ClFN4O. The van der Waals surface area contributed by atoms with Crippen molar-refractivity contribution in [1.82, 2.24) is 15.1 Å². The Morgan fingerprint density at radius 1 is 1.03 bits per heavy atom. The molecule has 1 saturated carbocycles. The Bertz CT molecular complexity index is 876. The summed E-state index contributed by atoms with van der Waals surface area (Å²) in [5.41, 5.74) is 1.14. The molecule has 3 aliphatic rings. The van der Waals surface area contributed by atoms with Crippen LogP contribution in [0.2, 0.25) is 5.02 Å². The van der Waals surface area contributed by atoms with Gasteiger partial charge in [0, 0.05) is 45.0 Å². The van der Waals surface area contributed by atoms with Crippen LogP contribution in [-0.4, -0.2) is 54.5 Å². The molecule has 1 N–H and O–H groups in total. The van der Waals surface area contributed by atoms with Crippen molar-refractivity contribution in [2.75, 3.05) is 44.7 Å². The molecule has 2 saturated heterocycles. The van der Waals surface area contributed by atoms with Gasteiger partial charge in [-0.1, -0.05) is 11.6 Å². The summed E-state index contributed by atoms with van der Waals surface area (Å²) in [6.45, 7) is 6.61. The van der Waals surface area contributed by atoms with Gasteiger partial charge < -0.3 is 15.0 Å². The lowest BCUT2D eigenvalue weighted by Gasteiger charge is -2.27. The number of anilines is 1. The van der Waals surface area contributed by atoms with E-state index in [4.69, 9.17) is 16.3 Å². The maximum absolute atomic E-state index is 13.5. The molecule has 0 spiro atoms. The van der Waals surface area contributed by atoms with Gasteiger partial charge in [-0.2, -0.15) is 0 Å². The van der Waals surface area contributed by atoms with Crippen molar-refractivity contribution in [1.29, 1.82) is 0 Å². The van der Waals surface area contributed by atoms with Gasteiger partial charge in [0.05, 0.1) is 10.7 Å². The molecule has 1 aliphatic carbocycles. The van der Waals surface area contributed by atoms with Gasteiger partial charge in [0.25, 0.3) is 0 Å². The smallest absolute Gasteiger partial charge is 0.148 e. The monoisotopic (exact) mass is 444 g/mol. The van der Waals surface area contributed by atoms with Crippen LogP contribution in [0, 0.1) is 29.5 Å². The minimum Gasteiger partial charge on any atom is -0.381 e. The first-order chi connectivity index (χ1) is 15.1. The van der Waals surface area contributed by atoms with Gasteiger partial charge in [-0.3, -0.25) is 0 Å². The molecule has 0 amide bonds. The van der Waals surface area contributed by atoms with Gasteiger partial charge in [0.1, 0.15) is 11.6 Å². The molecule has 5 nitrogen and oxygen atoms in total. The molecule has 3 atom stereocenters. The van der Waals surface area contributed by atoms with Gasteiger partial charge in [-0.05, 0) is 79.7 Å².